The van der Waals surface area contributed by atoms with Gasteiger partial charge in [-0.25, -0.2) is 0 Å². The minimum atomic E-state index is -0.397. The monoisotopic (exact) mass is 425 g/mol. The van der Waals surface area contributed by atoms with E-state index in [2.05, 4.69) is 10.6 Å². The van der Waals surface area contributed by atoms with Gasteiger partial charge in [-0.05, 0) is 31.0 Å². The van der Waals surface area contributed by atoms with Crippen LogP contribution in [0.4, 0.5) is 5.69 Å². The van der Waals surface area contributed by atoms with E-state index < -0.39 is 5.91 Å². The molecule has 2 N–H and O–H groups in total. The number of rotatable bonds is 11. The lowest BCUT2D eigenvalue weighted by atomic mass is 9.95. The zero-order chi connectivity index (χ0) is 22.6. The standard InChI is InChI=1S/C24H31N3O4/c1-4-21(19-8-6-5-7-9-19)24(30)27(14-15-31-3)17-23(29)25-16-22(28)26-20-12-10-18(2)11-13-20/h5-13,21H,4,14-17H2,1-3H3,(H,25,29)(H,26,28)/t21-/m0/s1. The number of nitrogens with one attached hydrogen (secondary N) is 2. The summed E-state index contributed by atoms with van der Waals surface area (Å²) in [6.45, 7) is 4.21. The van der Waals surface area contributed by atoms with Crippen LogP contribution in [0.15, 0.2) is 54.6 Å². The predicted octanol–water partition coefficient (Wildman–Crippen LogP) is 2.72. The lowest BCUT2D eigenvalue weighted by Crippen LogP contribution is -2.45. The Kier molecular flexibility index (Phi) is 9.71. The van der Waals surface area contributed by atoms with Crippen LogP contribution >= 0.6 is 0 Å². The Bertz CT molecular complexity index is 853. The van der Waals surface area contributed by atoms with E-state index in [1.165, 1.54) is 4.90 Å². The van der Waals surface area contributed by atoms with Crippen molar-refractivity contribution in [2.45, 2.75) is 26.2 Å². The van der Waals surface area contributed by atoms with Gasteiger partial charge in [-0.2, -0.15) is 0 Å². The molecule has 0 heterocycles. The van der Waals surface area contributed by atoms with E-state index in [0.29, 0.717) is 25.3 Å². The summed E-state index contributed by atoms with van der Waals surface area (Å²) in [5.74, 6) is -1.20. The zero-order valence-electron chi connectivity index (χ0n) is 18.4. The van der Waals surface area contributed by atoms with Gasteiger partial charge in [0.1, 0.15) is 0 Å². The first-order chi connectivity index (χ1) is 14.9. The van der Waals surface area contributed by atoms with Crippen molar-refractivity contribution in [2.75, 3.05) is 38.7 Å². The Morgan fingerprint density at radius 1 is 1.00 bits per heavy atom. The molecule has 0 aliphatic heterocycles. The molecular formula is C24H31N3O4. The second kappa shape index (κ2) is 12.5. The summed E-state index contributed by atoms with van der Waals surface area (Å²) < 4.78 is 5.11. The molecule has 0 aliphatic carbocycles. The quantitative estimate of drug-likeness (QED) is 0.580. The van der Waals surface area contributed by atoms with E-state index >= 15 is 0 Å². The third-order valence-corrected chi connectivity index (χ3v) is 4.90. The van der Waals surface area contributed by atoms with Gasteiger partial charge in [0.05, 0.1) is 25.6 Å². The first-order valence-electron chi connectivity index (χ1n) is 10.4. The molecule has 7 heteroatoms. The van der Waals surface area contributed by atoms with Crippen molar-refractivity contribution in [1.29, 1.82) is 0 Å². The number of nitrogens with zero attached hydrogens (tertiary/aromatic N) is 1. The lowest BCUT2D eigenvalue weighted by molar-refractivity contribution is -0.138. The number of hydrogen-bond donors (Lipinski definition) is 2. The van der Waals surface area contributed by atoms with Crippen LogP contribution in [0.2, 0.25) is 0 Å². The maximum Gasteiger partial charge on any atom is 0.243 e. The smallest absolute Gasteiger partial charge is 0.243 e. The lowest BCUT2D eigenvalue weighted by Gasteiger charge is -2.26. The summed E-state index contributed by atoms with van der Waals surface area (Å²) in [6.07, 6.45) is 0.618. The normalized spacial score (nSPS) is 11.5. The molecule has 0 aromatic heterocycles. The van der Waals surface area contributed by atoms with Gasteiger partial charge in [0.25, 0.3) is 0 Å². The number of carbonyl (C=O) groups is 3. The maximum absolute atomic E-state index is 13.1. The second-order valence-corrected chi connectivity index (χ2v) is 7.32. The predicted molar refractivity (Wildman–Crippen MR) is 121 cm³/mol. The molecule has 31 heavy (non-hydrogen) atoms. The molecule has 2 aromatic rings. The fourth-order valence-electron chi connectivity index (χ4n) is 3.18. The first-order valence-corrected chi connectivity index (χ1v) is 10.4. The highest BCUT2D eigenvalue weighted by atomic mass is 16.5. The fraction of sp³-hybridized carbons (Fsp3) is 0.375. The molecule has 1 atom stereocenters. The molecule has 166 valence electrons. The molecule has 0 fully saturated rings. The molecule has 0 bridgehead atoms. The highest BCUT2D eigenvalue weighted by molar-refractivity contribution is 5.95. The van der Waals surface area contributed by atoms with Gasteiger partial charge in [0.15, 0.2) is 0 Å². The molecule has 0 radical (unpaired) electrons. The third-order valence-electron chi connectivity index (χ3n) is 4.90. The average Bonchev–Trinajstić information content (AvgIpc) is 2.78. The summed E-state index contributed by atoms with van der Waals surface area (Å²) in [4.78, 5) is 39.2. The van der Waals surface area contributed by atoms with Gasteiger partial charge >= 0.3 is 0 Å². The van der Waals surface area contributed by atoms with Crippen LogP contribution in [0.1, 0.15) is 30.4 Å². The Morgan fingerprint density at radius 3 is 2.29 bits per heavy atom. The van der Waals surface area contributed by atoms with Crippen molar-refractivity contribution in [3.8, 4) is 0 Å². The molecule has 0 spiro atoms. The van der Waals surface area contributed by atoms with E-state index in [-0.39, 0.29) is 30.8 Å². The van der Waals surface area contributed by atoms with Crippen molar-refractivity contribution in [1.82, 2.24) is 10.2 Å². The summed E-state index contributed by atoms with van der Waals surface area (Å²) in [6, 6.07) is 16.9. The number of benzene rings is 2. The minimum absolute atomic E-state index is 0.134. The molecule has 0 saturated heterocycles. The van der Waals surface area contributed by atoms with Crippen molar-refractivity contribution >= 4 is 23.4 Å². The van der Waals surface area contributed by atoms with Crippen LogP contribution in [0.3, 0.4) is 0 Å². The summed E-state index contributed by atoms with van der Waals surface area (Å²) in [5, 5.41) is 5.32. The number of carbonyl (C=O) groups excluding carboxylic acids is 3. The van der Waals surface area contributed by atoms with Crippen LogP contribution in [-0.4, -0.2) is 56.0 Å². The van der Waals surface area contributed by atoms with Gasteiger partial charge in [0, 0.05) is 19.3 Å². The van der Waals surface area contributed by atoms with Crippen LogP contribution in [0, 0.1) is 6.92 Å². The van der Waals surface area contributed by atoms with Crippen molar-refractivity contribution in [3.05, 3.63) is 65.7 Å². The van der Waals surface area contributed by atoms with E-state index in [9.17, 15) is 14.4 Å². The first kappa shape index (κ1) is 24.1. The third kappa shape index (κ3) is 7.86. The Balaban J connectivity index is 1.94. The Hall–Kier alpha value is -3.19. The topological polar surface area (TPSA) is 87.7 Å². The number of hydrogen-bond acceptors (Lipinski definition) is 4. The van der Waals surface area contributed by atoms with Gasteiger partial charge < -0.3 is 20.3 Å². The van der Waals surface area contributed by atoms with Gasteiger partial charge in [-0.15, -0.1) is 0 Å². The maximum atomic E-state index is 13.1. The highest BCUT2D eigenvalue weighted by Gasteiger charge is 2.26. The number of aryl methyl sites for hydroxylation is 1. The molecule has 2 aromatic carbocycles. The van der Waals surface area contributed by atoms with E-state index in [0.717, 1.165) is 11.1 Å². The Labute approximate surface area is 183 Å². The molecule has 0 aliphatic rings. The summed E-state index contributed by atoms with van der Waals surface area (Å²) >= 11 is 0. The van der Waals surface area contributed by atoms with Gasteiger partial charge in [-0.1, -0.05) is 55.0 Å². The molecule has 0 saturated carbocycles. The molecule has 0 unspecified atom stereocenters. The zero-order valence-corrected chi connectivity index (χ0v) is 18.4. The SMILES string of the molecule is CC[C@H](C(=O)N(CCOC)CC(=O)NCC(=O)Nc1ccc(C)cc1)c1ccccc1. The van der Waals surface area contributed by atoms with Crippen LogP contribution in [-0.2, 0) is 19.1 Å². The Morgan fingerprint density at radius 2 is 1.68 bits per heavy atom. The average molecular weight is 426 g/mol. The molecular weight excluding hydrogens is 394 g/mol. The number of amides is 3. The fourth-order valence-corrected chi connectivity index (χ4v) is 3.18. The van der Waals surface area contributed by atoms with Crippen molar-refractivity contribution < 1.29 is 19.1 Å². The van der Waals surface area contributed by atoms with Crippen LogP contribution in [0.25, 0.3) is 0 Å². The number of methoxy groups -OCH3 is 1. The van der Waals surface area contributed by atoms with E-state index in [1.807, 2.05) is 56.3 Å². The van der Waals surface area contributed by atoms with E-state index in [4.69, 9.17) is 4.74 Å². The minimum Gasteiger partial charge on any atom is -0.383 e. The molecule has 3 amide bonds. The van der Waals surface area contributed by atoms with Gasteiger partial charge in [-0.3, -0.25) is 14.4 Å². The van der Waals surface area contributed by atoms with Gasteiger partial charge in [0.2, 0.25) is 17.7 Å². The number of ether oxygens (including phenoxy) is 1. The summed E-state index contributed by atoms with van der Waals surface area (Å²) in [7, 11) is 1.55. The van der Waals surface area contributed by atoms with Crippen molar-refractivity contribution in [3.63, 3.8) is 0 Å². The highest BCUT2D eigenvalue weighted by Crippen LogP contribution is 2.22. The molecule has 2 rings (SSSR count). The summed E-state index contributed by atoms with van der Waals surface area (Å²) in [5.41, 5.74) is 2.67. The molecule has 7 nitrogen and oxygen atoms in total. The van der Waals surface area contributed by atoms with Crippen molar-refractivity contribution in [2.24, 2.45) is 0 Å². The number of anilines is 1. The second-order valence-electron chi connectivity index (χ2n) is 7.32. The largest absolute Gasteiger partial charge is 0.383 e. The van der Waals surface area contributed by atoms with E-state index in [1.54, 1.807) is 19.2 Å². The van der Waals surface area contributed by atoms with Crippen LogP contribution in [0.5, 0.6) is 0 Å². The van der Waals surface area contributed by atoms with Crippen LogP contribution < -0.4 is 10.6 Å².